The third-order valence-electron chi connectivity index (χ3n) is 7.62. The maximum atomic E-state index is 13.6. The molecule has 4 aromatic rings. The summed E-state index contributed by atoms with van der Waals surface area (Å²) in [5.74, 6) is 1.45. The van der Waals surface area contributed by atoms with Gasteiger partial charge in [0.15, 0.2) is 23.1 Å². The second-order valence-corrected chi connectivity index (χ2v) is 10.6. The second kappa shape index (κ2) is 12.1. The van der Waals surface area contributed by atoms with Crippen LogP contribution in [0.5, 0.6) is 23.0 Å². The first kappa shape index (κ1) is 28.9. The normalized spacial score (nSPS) is 13.6. The number of nitrogens with zero attached hydrogens (tertiary/aromatic N) is 3. The minimum absolute atomic E-state index is 0.0714. The number of pyridine rings is 3. The third-order valence-corrected chi connectivity index (χ3v) is 7.62. The van der Waals surface area contributed by atoms with E-state index in [9.17, 15) is 19.5 Å². The zero-order valence-electron chi connectivity index (χ0n) is 24.0. The average molecular weight is 572 g/mol. The van der Waals surface area contributed by atoms with Gasteiger partial charge in [-0.1, -0.05) is 13.8 Å². The molecular weight excluding hydrogens is 538 g/mol. The summed E-state index contributed by atoms with van der Waals surface area (Å²) in [5, 5.41) is 10.8. The van der Waals surface area contributed by atoms with Gasteiger partial charge in [0, 0.05) is 41.0 Å². The highest BCUT2D eigenvalue weighted by molar-refractivity contribution is 6.02. The van der Waals surface area contributed by atoms with E-state index in [1.54, 1.807) is 50.7 Å². The molecule has 1 aliphatic carbocycles. The van der Waals surface area contributed by atoms with E-state index in [1.165, 1.54) is 16.8 Å². The van der Waals surface area contributed by atoms with Crippen molar-refractivity contribution < 1.29 is 28.9 Å². The SMILES string of the molecule is COc1cc2nccc(Oc3ccc(CC(=O)c4cc5c(n([C@H](CO)C(C)C)c4=O)CCCC5=O)nc3)c2cc1OC. The first-order chi connectivity index (χ1) is 20.2. The number of aromatic nitrogens is 3. The molecule has 0 spiro atoms. The lowest BCUT2D eigenvalue weighted by molar-refractivity contribution is 0.0966. The molecule has 0 unspecified atom stereocenters. The number of carbonyl (C=O) groups is 2. The number of hydrogen-bond acceptors (Lipinski definition) is 9. The van der Waals surface area contributed by atoms with Crippen LogP contribution >= 0.6 is 0 Å². The molecule has 1 aromatic carbocycles. The van der Waals surface area contributed by atoms with Gasteiger partial charge in [-0.15, -0.1) is 0 Å². The molecule has 3 aromatic heterocycles. The van der Waals surface area contributed by atoms with E-state index in [2.05, 4.69) is 9.97 Å². The molecule has 0 aliphatic heterocycles. The van der Waals surface area contributed by atoms with Crippen LogP contribution in [-0.2, 0) is 12.8 Å². The van der Waals surface area contributed by atoms with Crippen LogP contribution < -0.4 is 19.8 Å². The number of benzene rings is 1. The number of rotatable bonds is 10. The molecule has 1 atom stereocenters. The Bertz CT molecular complexity index is 1710. The highest BCUT2D eigenvalue weighted by Crippen LogP contribution is 2.36. The van der Waals surface area contributed by atoms with E-state index in [-0.39, 0.29) is 30.3 Å². The van der Waals surface area contributed by atoms with Gasteiger partial charge < -0.3 is 23.9 Å². The zero-order valence-corrected chi connectivity index (χ0v) is 24.0. The highest BCUT2D eigenvalue weighted by Gasteiger charge is 2.29. The molecule has 10 heteroatoms. The van der Waals surface area contributed by atoms with Crippen molar-refractivity contribution in [3.8, 4) is 23.0 Å². The standard InChI is InChI=1S/C32H33N3O7/c1-18(2)26(17-36)35-25-6-5-7-27(37)22(25)13-23(32(35)39)28(38)12-19-8-9-20(16-34-19)42-29-10-11-33-24-15-31(41-4)30(40-3)14-21(24)29/h8-11,13-16,18,26,36H,5-7,12,17H2,1-4H3/t26-/m1/s1. The number of aliphatic hydroxyl groups is 1. The van der Waals surface area contributed by atoms with Crippen molar-refractivity contribution in [2.24, 2.45) is 5.92 Å². The molecule has 0 saturated carbocycles. The smallest absolute Gasteiger partial charge is 0.262 e. The fraction of sp³-hybridized carbons (Fsp3) is 0.344. The second-order valence-electron chi connectivity index (χ2n) is 10.6. The van der Waals surface area contributed by atoms with Crippen LogP contribution in [0.4, 0.5) is 0 Å². The van der Waals surface area contributed by atoms with Crippen LogP contribution in [0.1, 0.15) is 64.8 Å². The van der Waals surface area contributed by atoms with E-state index in [0.29, 0.717) is 64.7 Å². The molecule has 1 aliphatic rings. The van der Waals surface area contributed by atoms with Gasteiger partial charge >= 0.3 is 0 Å². The van der Waals surface area contributed by atoms with Crippen LogP contribution in [0, 0.1) is 5.92 Å². The first-order valence-electron chi connectivity index (χ1n) is 13.8. The third kappa shape index (κ3) is 5.49. The van der Waals surface area contributed by atoms with E-state index < -0.39 is 17.4 Å². The van der Waals surface area contributed by atoms with Gasteiger partial charge in [-0.2, -0.15) is 0 Å². The number of ether oxygens (including phenoxy) is 3. The van der Waals surface area contributed by atoms with Crippen molar-refractivity contribution in [1.82, 2.24) is 14.5 Å². The molecule has 218 valence electrons. The topological polar surface area (TPSA) is 130 Å². The Morgan fingerprint density at radius 1 is 1.00 bits per heavy atom. The molecule has 0 amide bonds. The van der Waals surface area contributed by atoms with Gasteiger partial charge in [0.1, 0.15) is 11.5 Å². The van der Waals surface area contributed by atoms with Crippen LogP contribution in [0.25, 0.3) is 10.9 Å². The predicted molar refractivity (Wildman–Crippen MR) is 156 cm³/mol. The van der Waals surface area contributed by atoms with Crippen molar-refractivity contribution in [1.29, 1.82) is 0 Å². The van der Waals surface area contributed by atoms with E-state index in [4.69, 9.17) is 14.2 Å². The number of fused-ring (bicyclic) bond motifs is 2. The molecule has 0 saturated heterocycles. The van der Waals surface area contributed by atoms with Crippen LogP contribution in [0.2, 0.25) is 0 Å². The van der Waals surface area contributed by atoms with E-state index in [0.717, 1.165) is 5.39 Å². The van der Waals surface area contributed by atoms with Crippen molar-refractivity contribution in [2.75, 3.05) is 20.8 Å². The monoisotopic (exact) mass is 571 g/mol. The number of methoxy groups -OCH3 is 2. The number of ketones is 2. The van der Waals surface area contributed by atoms with E-state index in [1.807, 2.05) is 13.8 Å². The molecular formula is C32H33N3O7. The largest absolute Gasteiger partial charge is 0.493 e. The summed E-state index contributed by atoms with van der Waals surface area (Å²) < 4.78 is 18.3. The molecule has 0 bridgehead atoms. The number of aliphatic hydroxyl groups excluding tert-OH is 1. The summed E-state index contributed by atoms with van der Waals surface area (Å²) in [4.78, 5) is 48.5. The number of hydrogen-bond donors (Lipinski definition) is 1. The summed E-state index contributed by atoms with van der Waals surface area (Å²) in [5.41, 5.74) is 1.53. The van der Waals surface area contributed by atoms with E-state index >= 15 is 0 Å². The predicted octanol–water partition coefficient (Wildman–Crippen LogP) is 4.73. The van der Waals surface area contributed by atoms with Crippen molar-refractivity contribution in [3.05, 3.63) is 81.7 Å². The fourth-order valence-corrected chi connectivity index (χ4v) is 5.36. The quantitative estimate of drug-likeness (QED) is 0.268. The molecule has 1 N–H and O–H groups in total. The van der Waals surface area contributed by atoms with Crippen molar-refractivity contribution >= 4 is 22.5 Å². The summed E-state index contributed by atoms with van der Waals surface area (Å²) in [6.07, 6.45) is 4.53. The Morgan fingerprint density at radius 2 is 1.76 bits per heavy atom. The molecule has 42 heavy (non-hydrogen) atoms. The zero-order chi connectivity index (χ0) is 30.0. The van der Waals surface area contributed by atoms with Crippen LogP contribution in [-0.4, -0.2) is 52.0 Å². The highest BCUT2D eigenvalue weighted by atomic mass is 16.5. The number of Topliss-reactive ketones (excluding diaryl/α,β-unsaturated/α-hetero) is 2. The molecule has 10 nitrogen and oxygen atoms in total. The van der Waals surface area contributed by atoms with Gasteiger partial charge in [0.25, 0.3) is 5.56 Å². The summed E-state index contributed by atoms with van der Waals surface area (Å²) in [6, 6.07) is 9.52. The molecule has 5 rings (SSSR count). The summed E-state index contributed by atoms with van der Waals surface area (Å²) in [7, 11) is 3.11. The Morgan fingerprint density at radius 3 is 2.43 bits per heavy atom. The van der Waals surface area contributed by atoms with Crippen LogP contribution in [0.15, 0.2) is 53.6 Å². The maximum Gasteiger partial charge on any atom is 0.262 e. The Kier molecular flexibility index (Phi) is 8.35. The maximum absolute atomic E-state index is 13.6. The minimum Gasteiger partial charge on any atom is -0.493 e. The van der Waals surface area contributed by atoms with Crippen molar-refractivity contribution in [2.45, 2.75) is 45.6 Å². The summed E-state index contributed by atoms with van der Waals surface area (Å²) >= 11 is 0. The lowest BCUT2D eigenvalue weighted by atomic mass is 9.90. The summed E-state index contributed by atoms with van der Waals surface area (Å²) in [6.45, 7) is 3.52. The first-order valence-corrected chi connectivity index (χ1v) is 13.8. The van der Waals surface area contributed by atoms with Crippen LogP contribution in [0.3, 0.4) is 0 Å². The van der Waals surface area contributed by atoms with Gasteiger partial charge in [0.2, 0.25) is 0 Å². The lowest BCUT2D eigenvalue weighted by Gasteiger charge is -2.28. The average Bonchev–Trinajstić information content (AvgIpc) is 2.98. The van der Waals surface area contributed by atoms with Gasteiger partial charge in [-0.3, -0.25) is 24.4 Å². The minimum atomic E-state index is -0.537. The lowest BCUT2D eigenvalue weighted by Crippen LogP contribution is -2.38. The fourth-order valence-electron chi connectivity index (χ4n) is 5.36. The van der Waals surface area contributed by atoms with Gasteiger partial charge in [-0.25, -0.2) is 0 Å². The Hall–Kier alpha value is -4.57. The van der Waals surface area contributed by atoms with Crippen molar-refractivity contribution in [3.63, 3.8) is 0 Å². The molecule has 0 radical (unpaired) electrons. The number of carbonyl (C=O) groups excluding carboxylic acids is 2. The Balaban J connectivity index is 1.41. The Labute approximate surface area is 242 Å². The molecule has 3 heterocycles. The van der Waals surface area contributed by atoms with Gasteiger partial charge in [0.05, 0.1) is 50.6 Å². The molecule has 0 fully saturated rings. The van der Waals surface area contributed by atoms with Gasteiger partial charge in [-0.05, 0) is 49.1 Å².